The van der Waals surface area contributed by atoms with Crippen LogP contribution in [0.1, 0.15) is 67.7 Å². The lowest BCUT2D eigenvalue weighted by atomic mass is 9.86. The highest BCUT2D eigenvalue weighted by molar-refractivity contribution is 5.72. The molecule has 3 atom stereocenters. The van der Waals surface area contributed by atoms with Gasteiger partial charge in [-0.1, -0.05) is 30.3 Å². The zero-order chi connectivity index (χ0) is 27.2. The normalized spacial score (nSPS) is 24.6. The Bertz CT molecular complexity index is 1310. The smallest absolute Gasteiger partial charge is 0.417 e. The molecular weight excluding hydrogens is 511 g/mol. The summed E-state index contributed by atoms with van der Waals surface area (Å²) in [5, 5.41) is 16.3. The number of ether oxygens (including phenoxy) is 1. The molecule has 208 valence electrons. The topological polar surface area (TPSA) is 112 Å². The van der Waals surface area contributed by atoms with Crippen molar-refractivity contribution in [3.63, 3.8) is 0 Å². The second kappa shape index (κ2) is 10.1. The number of imidazole rings is 1. The summed E-state index contributed by atoms with van der Waals surface area (Å²) >= 11 is 0. The Morgan fingerprint density at radius 3 is 2.49 bits per heavy atom. The summed E-state index contributed by atoms with van der Waals surface area (Å²) in [6.45, 7) is 0.175. The van der Waals surface area contributed by atoms with Crippen molar-refractivity contribution in [2.75, 3.05) is 6.54 Å². The number of hydrogen-bond donors (Lipinski definition) is 4. The third kappa shape index (κ3) is 5.60. The Hall–Kier alpha value is -3.18. The van der Waals surface area contributed by atoms with Gasteiger partial charge in [-0.2, -0.15) is 13.2 Å². The lowest BCUT2D eigenvalue weighted by Gasteiger charge is -2.38. The number of piperidine rings is 1. The van der Waals surface area contributed by atoms with Crippen LogP contribution in [-0.2, 0) is 11.3 Å². The molecule has 0 radical (unpaired) electrons. The molecule has 1 aromatic carbocycles. The van der Waals surface area contributed by atoms with Gasteiger partial charge in [0, 0.05) is 6.42 Å². The van der Waals surface area contributed by atoms with E-state index in [9.17, 15) is 23.1 Å². The number of alkyl carbamates (subject to hydrolysis) is 1. The predicted octanol–water partition coefficient (Wildman–Crippen LogP) is 5.08. The van der Waals surface area contributed by atoms with Crippen LogP contribution in [0.25, 0.3) is 11.2 Å². The number of hydrogen-bond acceptors (Lipinski definition) is 6. The Balaban J connectivity index is 1.24. The molecule has 39 heavy (non-hydrogen) atoms. The highest BCUT2D eigenvalue weighted by Crippen LogP contribution is 2.54. The number of rotatable bonds is 8. The minimum atomic E-state index is -4.72. The fourth-order valence-electron chi connectivity index (χ4n) is 5.83. The zero-order valence-corrected chi connectivity index (χ0v) is 21.4. The summed E-state index contributed by atoms with van der Waals surface area (Å²) < 4.78 is 45.9. The van der Waals surface area contributed by atoms with Gasteiger partial charge in [0.25, 0.3) is 0 Å². The first-order valence-corrected chi connectivity index (χ1v) is 13.6. The molecular formula is C28H32F3N5O3. The van der Waals surface area contributed by atoms with Gasteiger partial charge in [-0.25, -0.2) is 14.8 Å². The van der Waals surface area contributed by atoms with Crippen molar-refractivity contribution in [3.05, 3.63) is 59.5 Å². The van der Waals surface area contributed by atoms with E-state index in [2.05, 4.69) is 20.6 Å². The molecule has 0 spiro atoms. The van der Waals surface area contributed by atoms with Crippen molar-refractivity contribution in [2.45, 2.75) is 69.0 Å². The maximum atomic E-state index is 13.5. The van der Waals surface area contributed by atoms with Crippen molar-refractivity contribution in [3.8, 4) is 0 Å². The zero-order valence-electron chi connectivity index (χ0n) is 21.4. The molecule has 3 fully saturated rings. The van der Waals surface area contributed by atoms with Gasteiger partial charge in [-0.3, -0.25) is 0 Å². The van der Waals surface area contributed by atoms with Gasteiger partial charge < -0.3 is 25.5 Å². The van der Waals surface area contributed by atoms with E-state index in [1.807, 2.05) is 30.3 Å². The Labute approximate surface area is 223 Å². The molecule has 11 heteroatoms. The van der Waals surface area contributed by atoms with E-state index < -0.39 is 42.8 Å². The average molecular weight is 544 g/mol. The monoisotopic (exact) mass is 543 g/mol. The molecule has 3 heterocycles. The van der Waals surface area contributed by atoms with Gasteiger partial charge in [0.1, 0.15) is 12.4 Å². The lowest BCUT2D eigenvalue weighted by Crippen LogP contribution is -2.53. The molecule has 3 aliphatic rings. The lowest BCUT2D eigenvalue weighted by molar-refractivity contribution is -0.271. The number of nitrogens with one attached hydrogen (secondary N) is 3. The standard InChI is InChI=1S/C28H32F3N5O3/c29-28(30,31)27(38)12-13-32-21(14-27)19-10-11-20-24(33-19)36-25(34-20)23(22(17-6-7-17)18-8-9-18)35-26(37)39-15-16-4-2-1-3-5-16/h1-5,10-11,17-18,21-23,32,38H,6-9,12-15H2,(H,35,37)(H,33,34,36). The first-order chi connectivity index (χ1) is 18.7. The number of aromatic amines is 1. The van der Waals surface area contributed by atoms with Crippen LogP contribution in [-0.4, -0.2) is 44.5 Å². The average Bonchev–Trinajstić information content (AvgIpc) is 3.86. The van der Waals surface area contributed by atoms with E-state index in [0.29, 0.717) is 34.5 Å². The largest absolute Gasteiger partial charge is 0.445 e. The van der Waals surface area contributed by atoms with Gasteiger partial charge in [0.15, 0.2) is 11.2 Å². The number of carbonyl (C=O) groups is 1. The second-order valence-corrected chi connectivity index (χ2v) is 11.2. The number of amides is 1. The Kier molecular flexibility index (Phi) is 6.74. The van der Waals surface area contributed by atoms with Gasteiger partial charge in [0.05, 0.1) is 23.3 Å². The van der Waals surface area contributed by atoms with Crippen LogP contribution in [0.5, 0.6) is 0 Å². The molecule has 3 aromatic rings. The number of nitrogens with zero attached hydrogens (tertiary/aromatic N) is 2. The number of fused-ring (bicyclic) bond motifs is 1. The number of alkyl halides is 3. The minimum Gasteiger partial charge on any atom is -0.445 e. The van der Waals surface area contributed by atoms with Crippen LogP contribution in [0, 0.1) is 17.8 Å². The fourth-order valence-corrected chi connectivity index (χ4v) is 5.83. The fraction of sp³-hybridized carbons (Fsp3) is 0.536. The Morgan fingerprint density at radius 1 is 1.10 bits per heavy atom. The SMILES string of the molecule is O=C(NC(c1nc2nc(C3CC(O)(C(F)(F)F)CCN3)ccc2[nH]1)C(C1CC1)C1CC1)OCc1ccccc1. The van der Waals surface area contributed by atoms with Crippen LogP contribution < -0.4 is 10.6 Å². The molecule has 2 saturated carbocycles. The quantitative estimate of drug-likeness (QED) is 0.315. The molecule has 2 aliphatic carbocycles. The second-order valence-electron chi connectivity index (χ2n) is 11.2. The highest BCUT2D eigenvalue weighted by atomic mass is 19.4. The van der Waals surface area contributed by atoms with E-state index in [1.54, 1.807) is 12.1 Å². The molecule has 0 bridgehead atoms. The number of pyridine rings is 1. The van der Waals surface area contributed by atoms with E-state index in [0.717, 1.165) is 31.2 Å². The number of aromatic nitrogens is 3. The molecule has 8 nitrogen and oxygen atoms in total. The van der Waals surface area contributed by atoms with Gasteiger partial charge in [-0.05, 0) is 74.1 Å². The minimum absolute atomic E-state index is 0.0216. The van der Waals surface area contributed by atoms with Crippen LogP contribution in [0.4, 0.5) is 18.0 Å². The number of benzene rings is 1. The number of carbonyl (C=O) groups excluding carboxylic acids is 1. The molecule has 4 N–H and O–H groups in total. The van der Waals surface area contributed by atoms with Crippen LogP contribution in [0.2, 0.25) is 0 Å². The van der Waals surface area contributed by atoms with Gasteiger partial charge >= 0.3 is 12.3 Å². The number of aliphatic hydroxyl groups is 1. The van der Waals surface area contributed by atoms with E-state index >= 15 is 0 Å². The van der Waals surface area contributed by atoms with Crippen molar-refractivity contribution in [1.82, 2.24) is 25.6 Å². The molecule has 2 aromatic heterocycles. The predicted molar refractivity (Wildman–Crippen MR) is 136 cm³/mol. The van der Waals surface area contributed by atoms with Crippen molar-refractivity contribution in [2.24, 2.45) is 17.8 Å². The summed E-state index contributed by atoms with van der Waals surface area (Å²) in [6, 6.07) is 11.7. The summed E-state index contributed by atoms with van der Waals surface area (Å²) in [6.07, 6.45) is -1.73. The first kappa shape index (κ1) is 26.1. The maximum absolute atomic E-state index is 13.5. The van der Waals surface area contributed by atoms with Crippen LogP contribution in [0.15, 0.2) is 42.5 Å². The van der Waals surface area contributed by atoms with Crippen molar-refractivity contribution in [1.29, 1.82) is 0 Å². The molecule has 1 saturated heterocycles. The molecule has 3 unspecified atom stereocenters. The van der Waals surface area contributed by atoms with Gasteiger partial charge in [0.2, 0.25) is 0 Å². The van der Waals surface area contributed by atoms with E-state index in [1.165, 1.54) is 0 Å². The highest BCUT2D eigenvalue weighted by Gasteiger charge is 2.55. The maximum Gasteiger partial charge on any atom is 0.417 e. The summed E-state index contributed by atoms with van der Waals surface area (Å²) in [4.78, 5) is 25.5. The third-order valence-electron chi connectivity index (χ3n) is 8.24. The molecule has 1 aliphatic heterocycles. The summed E-state index contributed by atoms with van der Waals surface area (Å²) in [7, 11) is 0. The van der Waals surface area contributed by atoms with Crippen LogP contribution in [0.3, 0.4) is 0 Å². The molecule has 1 amide bonds. The number of H-pyrrole nitrogens is 1. The summed E-state index contributed by atoms with van der Waals surface area (Å²) in [5.74, 6) is 1.79. The Morgan fingerprint density at radius 2 is 1.82 bits per heavy atom. The third-order valence-corrected chi connectivity index (χ3v) is 8.24. The molecule has 6 rings (SSSR count). The van der Waals surface area contributed by atoms with E-state index in [4.69, 9.17) is 9.72 Å². The van der Waals surface area contributed by atoms with Crippen molar-refractivity contribution >= 4 is 17.3 Å². The van der Waals surface area contributed by atoms with Crippen molar-refractivity contribution < 1.29 is 27.8 Å². The first-order valence-electron chi connectivity index (χ1n) is 13.6. The van der Waals surface area contributed by atoms with Crippen LogP contribution >= 0.6 is 0 Å². The van der Waals surface area contributed by atoms with E-state index in [-0.39, 0.29) is 19.1 Å². The summed E-state index contributed by atoms with van der Waals surface area (Å²) in [5.41, 5.74) is -0.492. The number of halogens is 3. The van der Waals surface area contributed by atoms with Gasteiger partial charge in [-0.15, -0.1) is 0 Å².